The van der Waals surface area contributed by atoms with Crippen molar-refractivity contribution in [1.29, 1.82) is 0 Å². The molecule has 0 radical (unpaired) electrons. The summed E-state index contributed by atoms with van der Waals surface area (Å²) in [6.45, 7) is 10.9. The lowest BCUT2D eigenvalue weighted by atomic mass is 10.2. The third-order valence-corrected chi connectivity index (χ3v) is 6.06. The van der Waals surface area contributed by atoms with Crippen molar-refractivity contribution in [1.82, 2.24) is 19.1 Å². The van der Waals surface area contributed by atoms with E-state index in [1.165, 1.54) is 0 Å². The molecule has 0 amide bonds. The molecule has 3 aromatic heterocycles. The quantitative estimate of drug-likeness (QED) is 0.471. The lowest BCUT2D eigenvalue weighted by molar-refractivity contribution is 0.0882. The zero-order valence-corrected chi connectivity index (χ0v) is 16.9. The summed E-state index contributed by atoms with van der Waals surface area (Å²) in [5.74, 6) is 0.635. The van der Waals surface area contributed by atoms with E-state index in [4.69, 9.17) is 4.74 Å². The Morgan fingerprint density at radius 2 is 1.96 bits per heavy atom. The van der Waals surface area contributed by atoms with E-state index in [0.717, 1.165) is 19.2 Å². The highest BCUT2D eigenvalue weighted by atomic mass is 28.3. The van der Waals surface area contributed by atoms with Gasteiger partial charge < -0.3 is 13.9 Å². The van der Waals surface area contributed by atoms with Gasteiger partial charge in [-0.05, 0) is 25.1 Å². The highest BCUT2D eigenvalue weighted by Gasteiger charge is 2.16. The van der Waals surface area contributed by atoms with Crippen LogP contribution in [0, 0.1) is 0 Å². The molecule has 0 atom stereocenters. The van der Waals surface area contributed by atoms with Crippen LogP contribution < -0.4 is 5.43 Å². The van der Waals surface area contributed by atoms with Crippen molar-refractivity contribution in [2.45, 2.75) is 45.9 Å². The van der Waals surface area contributed by atoms with E-state index >= 15 is 0 Å². The van der Waals surface area contributed by atoms with Crippen molar-refractivity contribution in [2.24, 2.45) is 0 Å². The molecule has 0 unspecified atom stereocenters. The smallest absolute Gasteiger partial charge is 0.201 e. The minimum Gasteiger partial charge on any atom is -0.361 e. The molecule has 0 bridgehead atoms. The Hall–Kier alpha value is -2.25. The van der Waals surface area contributed by atoms with Gasteiger partial charge in [0, 0.05) is 46.0 Å². The van der Waals surface area contributed by atoms with E-state index < -0.39 is 8.07 Å². The molecule has 26 heavy (non-hydrogen) atoms. The highest BCUT2D eigenvalue weighted by Crippen LogP contribution is 2.18. The van der Waals surface area contributed by atoms with E-state index in [2.05, 4.69) is 29.6 Å². The SMILES string of the molecule is CCn1cc(-c2nccn2COCC[Si](C)(C)C)c(=O)c2cccnc21. The van der Waals surface area contributed by atoms with E-state index in [1.54, 1.807) is 18.5 Å². The zero-order valence-electron chi connectivity index (χ0n) is 15.9. The standard InChI is InChI=1S/C19H26N4O2Si/c1-5-22-13-16(17(24)15-7-6-8-20-18(15)22)19-21-9-10-23(19)14-25-11-12-26(2,3)4/h6-10,13H,5,11-12,14H2,1-4H3. The van der Waals surface area contributed by atoms with Crippen LogP contribution in [-0.4, -0.2) is 33.8 Å². The summed E-state index contributed by atoms with van der Waals surface area (Å²) in [6, 6.07) is 4.72. The molecule has 0 aliphatic rings. The number of aromatic nitrogens is 4. The van der Waals surface area contributed by atoms with Crippen LogP contribution >= 0.6 is 0 Å². The molecule has 138 valence electrons. The lowest BCUT2D eigenvalue weighted by Gasteiger charge is -2.16. The minimum atomic E-state index is -1.12. The van der Waals surface area contributed by atoms with Gasteiger partial charge in [-0.1, -0.05) is 19.6 Å². The van der Waals surface area contributed by atoms with Gasteiger partial charge in [-0.25, -0.2) is 9.97 Å². The molecule has 0 aliphatic carbocycles. The van der Waals surface area contributed by atoms with Crippen LogP contribution in [0.5, 0.6) is 0 Å². The highest BCUT2D eigenvalue weighted by molar-refractivity contribution is 6.76. The molecule has 0 N–H and O–H groups in total. The van der Waals surface area contributed by atoms with E-state index in [1.807, 2.05) is 34.5 Å². The topological polar surface area (TPSA) is 61.9 Å². The fourth-order valence-electron chi connectivity index (χ4n) is 2.82. The van der Waals surface area contributed by atoms with E-state index in [-0.39, 0.29) is 5.43 Å². The molecule has 0 aromatic carbocycles. The molecule has 6 nitrogen and oxygen atoms in total. The van der Waals surface area contributed by atoms with Gasteiger partial charge in [0.15, 0.2) is 0 Å². The van der Waals surface area contributed by atoms with Crippen LogP contribution in [0.2, 0.25) is 25.7 Å². The summed E-state index contributed by atoms with van der Waals surface area (Å²) in [5, 5.41) is 0.612. The summed E-state index contributed by atoms with van der Waals surface area (Å²) in [7, 11) is -1.12. The largest absolute Gasteiger partial charge is 0.361 e. The molecule has 0 saturated carbocycles. The van der Waals surface area contributed by atoms with Crippen molar-refractivity contribution in [2.75, 3.05) is 6.61 Å². The number of nitrogens with zero attached hydrogens (tertiary/aromatic N) is 4. The number of hydrogen-bond acceptors (Lipinski definition) is 4. The first-order chi connectivity index (χ1) is 12.4. The molecule has 0 aliphatic heterocycles. The van der Waals surface area contributed by atoms with Crippen LogP contribution in [-0.2, 0) is 18.0 Å². The third-order valence-electron chi connectivity index (χ3n) is 4.36. The lowest BCUT2D eigenvalue weighted by Crippen LogP contribution is -2.22. The molecule has 0 fully saturated rings. The summed E-state index contributed by atoms with van der Waals surface area (Å²) in [5.41, 5.74) is 1.23. The molecular formula is C19H26N4O2Si. The van der Waals surface area contributed by atoms with Crippen molar-refractivity contribution in [3.8, 4) is 11.4 Å². The van der Waals surface area contributed by atoms with Crippen molar-refractivity contribution >= 4 is 19.1 Å². The Morgan fingerprint density at radius 1 is 1.15 bits per heavy atom. The first kappa shape index (κ1) is 18.5. The average molecular weight is 371 g/mol. The van der Waals surface area contributed by atoms with E-state index in [9.17, 15) is 4.79 Å². The summed E-state index contributed by atoms with van der Waals surface area (Å²) < 4.78 is 9.71. The molecule has 7 heteroatoms. The van der Waals surface area contributed by atoms with Gasteiger partial charge in [0.05, 0.1) is 10.9 Å². The molecule has 0 saturated heterocycles. The average Bonchev–Trinajstić information content (AvgIpc) is 3.07. The van der Waals surface area contributed by atoms with Crippen LogP contribution in [0.4, 0.5) is 0 Å². The monoisotopic (exact) mass is 370 g/mol. The predicted molar refractivity (Wildman–Crippen MR) is 107 cm³/mol. The van der Waals surface area contributed by atoms with Gasteiger partial charge in [0.25, 0.3) is 0 Å². The third kappa shape index (κ3) is 3.94. The van der Waals surface area contributed by atoms with Crippen LogP contribution in [0.3, 0.4) is 0 Å². The Kier molecular flexibility index (Phi) is 5.38. The Morgan fingerprint density at radius 3 is 2.69 bits per heavy atom. The predicted octanol–water partition coefficient (Wildman–Crippen LogP) is 3.59. The molecular weight excluding hydrogens is 344 g/mol. The second-order valence-corrected chi connectivity index (χ2v) is 13.2. The number of imidazole rings is 1. The number of hydrogen-bond donors (Lipinski definition) is 0. The Balaban J connectivity index is 1.92. The van der Waals surface area contributed by atoms with Crippen molar-refractivity contribution < 1.29 is 4.74 Å². The first-order valence-corrected chi connectivity index (χ1v) is 12.7. The maximum Gasteiger partial charge on any atom is 0.201 e. The summed E-state index contributed by atoms with van der Waals surface area (Å²) in [4.78, 5) is 21.7. The molecule has 3 heterocycles. The van der Waals surface area contributed by atoms with Gasteiger partial charge in [-0.3, -0.25) is 4.79 Å². The Bertz CT molecular complexity index is 956. The fourth-order valence-corrected chi connectivity index (χ4v) is 3.58. The zero-order chi connectivity index (χ0) is 18.7. The molecule has 3 aromatic rings. The normalized spacial score (nSPS) is 12.0. The van der Waals surface area contributed by atoms with Gasteiger partial charge in [0.1, 0.15) is 18.2 Å². The van der Waals surface area contributed by atoms with Crippen molar-refractivity contribution in [3.63, 3.8) is 0 Å². The second-order valence-electron chi connectivity index (χ2n) is 7.60. The fraction of sp³-hybridized carbons (Fsp3) is 0.421. The number of pyridine rings is 2. The van der Waals surface area contributed by atoms with Gasteiger partial charge in [-0.2, -0.15) is 0 Å². The number of fused-ring (bicyclic) bond motifs is 1. The Labute approximate surface area is 154 Å². The minimum absolute atomic E-state index is 0.0488. The molecule has 0 spiro atoms. The molecule has 3 rings (SSSR count). The maximum absolute atomic E-state index is 13.0. The first-order valence-electron chi connectivity index (χ1n) is 8.98. The summed E-state index contributed by atoms with van der Waals surface area (Å²) >= 11 is 0. The van der Waals surface area contributed by atoms with Crippen LogP contribution in [0.1, 0.15) is 6.92 Å². The van der Waals surface area contributed by atoms with Gasteiger partial charge in [0.2, 0.25) is 5.43 Å². The van der Waals surface area contributed by atoms with Crippen LogP contribution in [0.15, 0.2) is 41.7 Å². The maximum atomic E-state index is 13.0. The number of aryl methyl sites for hydroxylation is 1. The van der Waals surface area contributed by atoms with Crippen molar-refractivity contribution in [3.05, 3.63) is 47.1 Å². The number of ether oxygens (including phenoxy) is 1. The van der Waals surface area contributed by atoms with Crippen LogP contribution in [0.25, 0.3) is 22.4 Å². The second kappa shape index (κ2) is 7.55. The summed E-state index contributed by atoms with van der Waals surface area (Å²) in [6.07, 6.45) is 7.12. The number of rotatable bonds is 7. The van der Waals surface area contributed by atoms with Gasteiger partial charge in [-0.15, -0.1) is 0 Å². The van der Waals surface area contributed by atoms with Gasteiger partial charge >= 0.3 is 0 Å². The van der Waals surface area contributed by atoms with E-state index in [0.29, 0.717) is 29.2 Å².